The summed E-state index contributed by atoms with van der Waals surface area (Å²) in [5.41, 5.74) is 3.45. The van der Waals surface area contributed by atoms with Crippen molar-refractivity contribution in [3.8, 4) is 6.07 Å². The van der Waals surface area contributed by atoms with Gasteiger partial charge >= 0.3 is 0 Å². The molecule has 1 saturated heterocycles. The molecular weight excluding hydrogens is 222 g/mol. The molecule has 3 rings (SSSR count). The van der Waals surface area contributed by atoms with E-state index in [9.17, 15) is 0 Å². The maximum atomic E-state index is 8.85. The van der Waals surface area contributed by atoms with Crippen LogP contribution in [0.15, 0.2) is 18.2 Å². The molecular formula is C12H14ClN3. The van der Waals surface area contributed by atoms with Crippen molar-refractivity contribution >= 4 is 18.1 Å². The number of nitrogens with zero attached hydrogens (tertiary/aromatic N) is 2. The predicted molar refractivity (Wildman–Crippen MR) is 66.1 cm³/mol. The highest BCUT2D eigenvalue weighted by molar-refractivity contribution is 5.85. The second-order valence-corrected chi connectivity index (χ2v) is 4.21. The van der Waals surface area contributed by atoms with Crippen molar-refractivity contribution in [2.75, 3.05) is 24.5 Å². The maximum Gasteiger partial charge on any atom is 0.0991 e. The van der Waals surface area contributed by atoms with E-state index in [4.69, 9.17) is 5.26 Å². The summed E-state index contributed by atoms with van der Waals surface area (Å²) in [4.78, 5) is 2.47. The van der Waals surface area contributed by atoms with E-state index in [2.05, 4.69) is 22.4 Å². The van der Waals surface area contributed by atoms with E-state index in [1.807, 2.05) is 12.1 Å². The van der Waals surface area contributed by atoms with Crippen molar-refractivity contribution in [2.24, 2.45) is 0 Å². The van der Waals surface area contributed by atoms with Gasteiger partial charge in [0.15, 0.2) is 0 Å². The molecule has 1 N–H and O–H groups in total. The minimum Gasteiger partial charge on any atom is -0.365 e. The van der Waals surface area contributed by atoms with Crippen LogP contribution in [0.3, 0.4) is 0 Å². The van der Waals surface area contributed by atoms with Crippen LogP contribution in [0.2, 0.25) is 0 Å². The fourth-order valence-electron chi connectivity index (χ4n) is 2.61. The lowest BCUT2D eigenvalue weighted by atomic mass is 10.1. The topological polar surface area (TPSA) is 39.1 Å². The zero-order valence-electron chi connectivity index (χ0n) is 8.94. The van der Waals surface area contributed by atoms with Crippen LogP contribution in [0.5, 0.6) is 0 Å². The molecule has 0 aromatic heterocycles. The summed E-state index contributed by atoms with van der Waals surface area (Å²) in [7, 11) is 0. The SMILES string of the molecule is Cl.N#Cc1ccc2c(c1)CC1CNCCN21. The zero-order chi connectivity index (χ0) is 10.3. The Bertz CT molecular complexity index is 438. The molecule has 1 aromatic carbocycles. The quantitative estimate of drug-likeness (QED) is 0.737. The standard InChI is InChI=1S/C12H13N3.ClH/c13-7-9-1-2-12-10(5-9)6-11-8-14-3-4-15(11)12;/h1-2,5,11,14H,3-4,6,8H2;1H. The summed E-state index contributed by atoms with van der Waals surface area (Å²) in [6.07, 6.45) is 1.08. The van der Waals surface area contributed by atoms with Gasteiger partial charge < -0.3 is 10.2 Å². The highest BCUT2D eigenvalue weighted by Crippen LogP contribution is 2.33. The second-order valence-electron chi connectivity index (χ2n) is 4.21. The third-order valence-corrected chi connectivity index (χ3v) is 3.32. The summed E-state index contributed by atoms with van der Waals surface area (Å²) in [6.45, 7) is 3.22. The number of anilines is 1. The van der Waals surface area contributed by atoms with Crippen molar-refractivity contribution in [1.29, 1.82) is 5.26 Å². The minimum atomic E-state index is 0. The first-order valence-electron chi connectivity index (χ1n) is 5.39. The van der Waals surface area contributed by atoms with Crippen LogP contribution in [0.1, 0.15) is 11.1 Å². The number of fused-ring (bicyclic) bond motifs is 3. The first-order valence-corrected chi connectivity index (χ1v) is 5.39. The van der Waals surface area contributed by atoms with Crippen molar-refractivity contribution in [1.82, 2.24) is 5.32 Å². The van der Waals surface area contributed by atoms with Crippen LogP contribution in [0, 0.1) is 11.3 Å². The molecule has 0 saturated carbocycles. The van der Waals surface area contributed by atoms with Crippen molar-refractivity contribution in [2.45, 2.75) is 12.5 Å². The van der Waals surface area contributed by atoms with Gasteiger partial charge in [0, 0.05) is 31.4 Å². The average Bonchev–Trinajstić information content (AvgIpc) is 2.66. The van der Waals surface area contributed by atoms with E-state index in [-0.39, 0.29) is 12.4 Å². The zero-order valence-corrected chi connectivity index (χ0v) is 9.76. The summed E-state index contributed by atoms with van der Waals surface area (Å²) in [6, 6.07) is 8.86. The Labute approximate surface area is 101 Å². The van der Waals surface area contributed by atoms with Crippen molar-refractivity contribution in [3.63, 3.8) is 0 Å². The molecule has 3 nitrogen and oxygen atoms in total. The Hall–Kier alpha value is -1.24. The molecule has 0 bridgehead atoms. The second kappa shape index (κ2) is 4.32. The first kappa shape index (κ1) is 11.3. The molecule has 2 aliphatic heterocycles. The number of nitrogens with one attached hydrogen (secondary N) is 1. The number of hydrogen-bond donors (Lipinski definition) is 1. The Balaban J connectivity index is 0.000000963. The molecule has 0 spiro atoms. The number of nitriles is 1. The molecule has 16 heavy (non-hydrogen) atoms. The molecule has 0 amide bonds. The normalized spacial score (nSPS) is 21.7. The molecule has 1 aromatic rings. The smallest absolute Gasteiger partial charge is 0.0991 e. The fourth-order valence-corrected chi connectivity index (χ4v) is 2.61. The van der Waals surface area contributed by atoms with Gasteiger partial charge in [-0.15, -0.1) is 12.4 Å². The molecule has 1 fully saturated rings. The van der Waals surface area contributed by atoms with Crippen LogP contribution in [-0.2, 0) is 6.42 Å². The molecule has 0 radical (unpaired) electrons. The first-order chi connectivity index (χ1) is 7.38. The van der Waals surface area contributed by atoms with Crippen LogP contribution in [-0.4, -0.2) is 25.7 Å². The lowest BCUT2D eigenvalue weighted by Gasteiger charge is -2.32. The Morgan fingerprint density at radius 2 is 2.31 bits per heavy atom. The predicted octanol–water partition coefficient (Wildman–Crippen LogP) is 1.31. The molecule has 1 atom stereocenters. The van der Waals surface area contributed by atoms with Crippen LogP contribution in [0.4, 0.5) is 5.69 Å². The summed E-state index contributed by atoms with van der Waals surface area (Å²) in [5.74, 6) is 0. The van der Waals surface area contributed by atoms with E-state index >= 15 is 0 Å². The van der Waals surface area contributed by atoms with Gasteiger partial charge in [0.1, 0.15) is 0 Å². The van der Waals surface area contributed by atoms with E-state index in [1.165, 1.54) is 11.3 Å². The van der Waals surface area contributed by atoms with E-state index in [0.717, 1.165) is 31.6 Å². The number of benzene rings is 1. The van der Waals surface area contributed by atoms with Gasteiger partial charge in [-0.25, -0.2) is 0 Å². The lowest BCUT2D eigenvalue weighted by molar-refractivity contribution is 0.495. The highest BCUT2D eigenvalue weighted by atomic mass is 35.5. The van der Waals surface area contributed by atoms with Gasteiger partial charge in [0.2, 0.25) is 0 Å². The largest absolute Gasteiger partial charge is 0.365 e. The van der Waals surface area contributed by atoms with Crippen LogP contribution < -0.4 is 10.2 Å². The van der Waals surface area contributed by atoms with E-state index in [0.29, 0.717) is 6.04 Å². The number of halogens is 1. The maximum absolute atomic E-state index is 8.85. The van der Waals surface area contributed by atoms with Gasteiger partial charge in [-0.05, 0) is 30.2 Å². The van der Waals surface area contributed by atoms with Gasteiger partial charge in [0.05, 0.1) is 11.6 Å². The summed E-state index contributed by atoms with van der Waals surface area (Å²) < 4.78 is 0. The molecule has 2 heterocycles. The summed E-state index contributed by atoms with van der Waals surface area (Å²) >= 11 is 0. The van der Waals surface area contributed by atoms with Crippen molar-refractivity contribution in [3.05, 3.63) is 29.3 Å². The van der Waals surface area contributed by atoms with E-state index in [1.54, 1.807) is 0 Å². The Morgan fingerprint density at radius 3 is 3.12 bits per heavy atom. The minimum absolute atomic E-state index is 0. The number of hydrogen-bond acceptors (Lipinski definition) is 3. The van der Waals surface area contributed by atoms with Gasteiger partial charge in [0.25, 0.3) is 0 Å². The molecule has 0 aliphatic carbocycles. The van der Waals surface area contributed by atoms with Gasteiger partial charge in [-0.3, -0.25) is 0 Å². The Morgan fingerprint density at radius 1 is 1.44 bits per heavy atom. The van der Waals surface area contributed by atoms with Crippen LogP contribution >= 0.6 is 12.4 Å². The number of piperazine rings is 1. The molecule has 84 valence electrons. The monoisotopic (exact) mass is 235 g/mol. The highest BCUT2D eigenvalue weighted by Gasteiger charge is 2.30. The lowest BCUT2D eigenvalue weighted by Crippen LogP contribution is -2.49. The van der Waals surface area contributed by atoms with Crippen molar-refractivity contribution < 1.29 is 0 Å². The molecule has 1 unspecified atom stereocenters. The van der Waals surface area contributed by atoms with Crippen LogP contribution in [0.25, 0.3) is 0 Å². The fraction of sp³-hybridized carbons (Fsp3) is 0.417. The number of rotatable bonds is 0. The third-order valence-electron chi connectivity index (χ3n) is 3.32. The van der Waals surface area contributed by atoms with E-state index < -0.39 is 0 Å². The Kier molecular flexibility index (Phi) is 3.04. The van der Waals surface area contributed by atoms with Gasteiger partial charge in [-0.1, -0.05) is 0 Å². The molecule has 4 heteroatoms. The third kappa shape index (κ3) is 1.64. The molecule has 2 aliphatic rings. The summed E-state index contributed by atoms with van der Waals surface area (Å²) in [5, 5.41) is 12.3. The van der Waals surface area contributed by atoms with Gasteiger partial charge in [-0.2, -0.15) is 5.26 Å². The average molecular weight is 236 g/mol.